The van der Waals surface area contributed by atoms with Crippen LogP contribution in [-0.2, 0) is 12.2 Å². The third-order valence-electron chi connectivity index (χ3n) is 2.37. The molecule has 0 aliphatic heterocycles. The van der Waals surface area contributed by atoms with Crippen LogP contribution in [0, 0.1) is 5.82 Å². The number of nitrogen functional groups attached to an aromatic ring is 1. The van der Waals surface area contributed by atoms with Gasteiger partial charge < -0.3 is 5.84 Å². The van der Waals surface area contributed by atoms with Crippen LogP contribution < -0.4 is 5.84 Å². The predicted molar refractivity (Wildman–Crippen MR) is 65.5 cm³/mol. The lowest BCUT2D eigenvalue weighted by atomic mass is 10.2. The van der Waals surface area contributed by atoms with Crippen molar-refractivity contribution in [2.45, 2.75) is 24.3 Å². The van der Waals surface area contributed by atoms with Gasteiger partial charge in [-0.25, -0.2) is 9.07 Å². The number of aryl methyl sites for hydroxylation is 1. The van der Waals surface area contributed by atoms with E-state index in [2.05, 4.69) is 10.2 Å². The van der Waals surface area contributed by atoms with Gasteiger partial charge in [-0.1, -0.05) is 36.9 Å². The molecule has 2 N–H and O–H groups in total. The van der Waals surface area contributed by atoms with Gasteiger partial charge in [-0.3, -0.25) is 0 Å². The second-order valence-electron chi connectivity index (χ2n) is 3.50. The molecular weight excluding hydrogens is 239 g/mol. The Bertz CT molecular complexity index is 512. The molecule has 1 aromatic carbocycles. The number of benzene rings is 1. The van der Waals surface area contributed by atoms with Crippen LogP contribution in [0.2, 0.25) is 0 Å². The lowest BCUT2D eigenvalue weighted by Crippen LogP contribution is -2.13. The van der Waals surface area contributed by atoms with Crippen molar-refractivity contribution in [3.05, 3.63) is 41.5 Å². The Labute approximate surface area is 103 Å². The molecule has 90 valence electrons. The number of aromatic nitrogens is 3. The van der Waals surface area contributed by atoms with E-state index in [1.807, 2.05) is 13.0 Å². The number of thioether (sulfide) groups is 1. The molecule has 0 spiro atoms. The summed E-state index contributed by atoms with van der Waals surface area (Å²) in [6.45, 7) is 1.96. The molecule has 0 bridgehead atoms. The molecule has 0 aliphatic rings. The van der Waals surface area contributed by atoms with Gasteiger partial charge in [-0.15, -0.1) is 10.2 Å². The van der Waals surface area contributed by atoms with E-state index >= 15 is 0 Å². The number of hydrogen-bond acceptors (Lipinski definition) is 4. The molecule has 0 saturated carbocycles. The molecule has 0 radical (unpaired) electrons. The molecule has 1 heterocycles. The fraction of sp³-hybridized carbons (Fsp3) is 0.273. The molecule has 0 amide bonds. The zero-order chi connectivity index (χ0) is 12.3. The van der Waals surface area contributed by atoms with Crippen LogP contribution >= 0.6 is 11.8 Å². The van der Waals surface area contributed by atoms with Gasteiger partial charge in [0.05, 0.1) is 0 Å². The lowest BCUT2D eigenvalue weighted by molar-refractivity contribution is 0.617. The summed E-state index contributed by atoms with van der Waals surface area (Å²) in [7, 11) is 0. The number of hydrogen-bond donors (Lipinski definition) is 1. The highest BCUT2D eigenvalue weighted by molar-refractivity contribution is 7.98. The standard InChI is InChI=1S/C11H13FN4S/c1-2-10-14-15-11(16(10)13)17-7-8-5-3-4-6-9(8)12/h3-6H,2,7,13H2,1H3. The third kappa shape index (κ3) is 2.58. The lowest BCUT2D eigenvalue weighted by Gasteiger charge is -2.03. The maximum atomic E-state index is 13.4. The molecule has 4 nitrogen and oxygen atoms in total. The highest BCUT2D eigenvalue weighted by Gasteiger charge is 2.09. The molecule has 0 unspecified atom stereocenters. The van der Waals surface area contributed by atoms with E-state index in [0.29, 0.717) is 16.5 Å². The summed E-state index contributed by atoms with van der Waals surface area (Å²) in [5.41, 5.74) is 0.638. The molecule has 2 aromatic rings. The van der Waals surface area contributed by atoms with Gasteiger partial charge >= 0.3 is 0 Å². The molecular formula is C11H13FN4S. The summed E-state index contributed by atoms with van der Waals surface area (Å²) in [6.07, 6.45) is 0.726. The highest BCUT2D eigenvalue weighted by atomic mass is 32.2. The van der Waals surface area contributed by atoms with E-state index in [1.165, 1.54) is 22.5 Å². The fourth-order valence-corrected chi connectivity index (χ4v) is 2.27. The van der Waals surface area contributed by atoms with Crippen LogP contribution in [0.15, 0.2) is 29.4 Å². The van der Waals surface area contributed by atoms with Crippen LogP contribution in [0.25, 0.3) is 0 Å². The second kappa shape index (κ2) is 5.18. The molecule has 0 saturated heterocycles. The van der Waals surface area contributed by atoms with Crippen molar-refractivity contribution in [2.75, 3.05) is 5.84 Å². The Balaban J connectivity index is 2.07. The van der Waals surface area contributed by atoms with Crippen LogP contribution in [0.3, 0.4) is 0 Å². The maximum absolute atomic E-state index is 13.4. The van der Waals surface area contributed by atoms with Crippen molar-refractivity contribution >= 4 is 11.8 Å². The van der Waals surface area contributed by atoms with Gasteiger partial charge in [0.15, 0.2) is 5.82 Å². The van der Waals surface area contributed by atoms with Gasteiger partial charge in [-0.05, 0) is 11.6 Å². The van der Waals surface area contributed by atoms with Gasteiger partial charge in [0.1, 0.15) is 5.82 Å². The largest absolute Gasteiger partial charge is 0.336 e. The van der Waals surface area contributed by atoms with Crippen LogP contribution in [0.1, 0.15) is 18.3 Å². The van der Waals surface area contributed by atoms with Crippen molar-refractivity contribution in [3.63, 3.8) is 0 Å². The smallest absolute Gasteiger partial charge is 0.210 e. The first-order chi connectivity index (χ1) is 8.22. The second-order valence-corrected chi connectivity index (χ2v) is 4.44. The average Bonchev–Trinajstić information content (AvgIpc) is 2.69. The molecule has 0 aliphatic carbocycles. The Hall–Kier alpha value is -1.56. The van der Waals surface area contributed by atoms with E-state index in [4.69, 9.17) is 5.84 Å². The molecule has 2 rings (SSSR count). The first kappa shape index (κ1) is 11.9. The van der Waals surface area contributed by atoms with Crippen molar-refractivity contribution in [1.82, 2.24) is 14.9 Å². The van der Waals surface area contributed by atoms with Gasteiger partial charge in [0.25, 0.3) is 0 Å². The Morgan fingerprint density at radius 1 is 1.35 bits per heavy atom. The predicted octanol–water partition coefficient (Wildman–Crippen LogP) is 1.99. The van der Waals surface area contributed by atoms with E-state index in [1.54, 1.807) is 12.1 Å². The van der Waals surface area contributed by atoms with Crippen molar-refractivity contribution in [2.24, 2.45) is 0 Å². The molecule has 0 fully saturated rings. The summed E-state index contributed by atoms with van der Waals surface area (Å²) in [5.74, 6) is 6.80. The Kier molecular flexibility index (Phi) is 3.63. The zero-order valence-electron chi connectivity index (χ0n) is 9.43. The van der Waals surface area contributed by atoms with E-state index < -0.39 is 0 Å². The number of rotatable bonds is 4. The van der Waals surface area contributed by atoms with Crippen molar-refractivity contribution in [3.8, 4) is 0 Å². The van der Waals surface area contributed by atoms with Crippen molar-refractivity contribution < 1.29 is 4.39 Å². The number of halogens is 1. The molecule has 17 heavy (non-hydrogen) atoms. The minimum Gasteiger partial charge on any atom is -0.336 e. The Morgan fingerprint density at radius 3 is 2.76 bits per heavy atom. The van der Waals surface area contributed by atoms with E-state index in [0.717, 1.165) is 12.2 Å². The van der Waals surface area contributed by atoms with E-state index in [-0.39, 0.29) is 5.82 Å². The first-order valence-electron chi connectivity index (χ1n) is 5.28. The van der Waals surface area contributed by atoms with Crippen LogP contribution in [-0.4, -0.2) is 14.9 Å². The molecule has 1 aromatic heterocycles. The zero-order valence-corrected chi connectivity index (χ0v) is 10.2. The molecule has 6 heteroatoms. The molecule has 0 atom stereocenters. The minimum atomic E-state index is -0.209. The summed E-state index contributed by atoms with van der Waals surface area (Å²) in [4.78, 5) is 0. The number of nitrogens with zero attached hydrogens (tertiary/aromatic N) is 3. The van der Waals surface area contributed by atoms with Gasteiger partial charge in [0, 0.05) is 12.2 Å². The van der Waals surface area contributed by atoms with Gasteiger partial charge in [0.2, 0.25) is 5.16 Å². The summed E-state index contributed by atoms with van der Waals surface area (Å²) in [5, 5.41) is 8.50. The van der Waals surface area contributed by atoms with Crippen molar-refractivity contribution in [1.29, 1.82) is 0 Å². The van der Waals surface area contributed by atoms with E-state index in [9.17, 15) is 4.39 Å². The Morgan fingerprint density at radius 2 is 2.12 bits per heavy atom. The average molecular weight is 252 g/mol. The number of nitrogens with two attached hydrogens (primary N) is 1. The maximum Gasteiger partial charge on any atom is 0.210 e. The SMILES string of the molecule is CCc1nnc(SCc2ccccc2F)n1N. The first-order valence-corrected chi connectivity index (χ1v) is 6.26. The summed E-state index contributed by atoms with van der Waals surface area (Å²) < 4.78 is 14.8. The quantitative estimate of drug-likeness (QED) is 0.668. The minimum absolute atomic E-state index is 0.209. The third-order valence-corrected chi connectivity index (χ3v) is 3.36. The summed E-state index contributed by atoms with van der Waals surface area (Å²) in [6, 6.07) is 6.68. The van der Waals surface area contributed by atoms with Gasteiger partial charge in [-0.2, -0.15) is 0 Å². The summed E-state index contributed by atoms with van der Waals surface area (Å²) >= 11 is 1.37. The monoisotopic (exact) mass is 252 g/mol. The topological polar surface area (TPSA) is 56.7 Å². The normalized spacial score (nSPS) is 10.7. The fourth-order valence-electron chi connectivity index (χ4n) is 1.40. The highest BCUT2D eigenvalue weighted by Crippen LogP contribution is 2.21. The van der Waals surface area contributed by atoms with Crippen LogP contribution in [0.5, 0.6) is 0 Å². The van der Waals surface area contributed by atoms with Crippen LogP contribution in [0.4, 0.5) is 4.39 Å².